The Morgan fingerprint density at radius 2 is 2.00 bits per heavy atom. The van der Waals surface area contributed by atoms with Gasteiger partial charge in [0.05, 0.1) is 16.3 Å². The van der Waals surface area contributed by atoms with Crippen LogP contribution in [0.1, 0.15) is 25.7 Å². The van der Waals surface area contributed by atoms with Crippen molar-refractivity contribution in [2.24, 2.45) is 0 Å². The zero-order valence-electron chi connectivity index (χ0n) is 12.5. The number of thioether (sulfide) groups is 1. The Balaban J connectivity index is 2.18. The van der Waals surface area contributed by atoms with Crippen LogP contribution >= 0.6 is 11.8 Å². The molecule has 4 N–H and O–H groups in total. The fraction of sp³-hybridized carbons (Fsp3) is 0.571. The number of hydrogen-bond donors (Lipinski definition) is 3. The lowest BCUT2D eigenvalue weighted by atomic mass is 10.1. The summed E-state index contributed by atoms with van der Waals surface area (Å²) in [6.45, 7) is 0.807. The van der Waals surface area contributed by atoms with Crippen LogP contribution in [-0.2, 0) is 10.0 Å². The lowest BCUT2D eigenvalue weighted by Gasteiger charge is -2.28. The molecule has 0 spiro atoms. The van der Waals surface area contributed by atoms with E-state index in [9.17, 15) is 8.42 Å². The molecule has 1 saturated carbocycles. The summed E-state index contributed by atoms with van der Waals surface area (Å²) in [4.78, 5) is 0.228. The van der Waals surface area contributed by atoms with Crippen LogP contribution in [0, 0.1) is 0 Å². The van der Waals surface area contributed by atoms with Crippen molar-refractivity contribution in [2.75, 3.05) is 30.9 Å². The highest BCUT2D eigenvalue weighted by Gasteiger charge is 2.32. The predicted molar refractivity (Wildman–Crippen MR) is 90.3 cm³/mol. The van der Waals surface area contributed by atoms with Gasteiger partial charge in [0.15, 0.2) is 0 Å². The summed E-state index contributed by atoms with van der Waals surface area (Å²) in [7, 11) is -2.04. The number of benzene rings is 1. The van der Waals surface area contributed by atoms with E-state index in [1.165, 1.54) is 38.8 Å². The van der Waals surface area contributed by atoms with Crippen molar-refractivity contribution in [3.8, 4) is 0 Å². The Hall–Kier alpha value is -0.920. The molecule has 0 bridgehead atoms. The average Bonchev–Trinajstić information content (AvgIpc) is 2.95. The molecule has 21 heavy (non-hydrogen) atoms. The van der Waals surface area contributed by atoms with E-state index >= 15 is 0 Å². The molecule has 0 aliphatic heterocycles. The van der Waals surface area contributed by atoms with Gasteiger partial charge in [-0.3, -0.25) is 0 Å². The highest BCUT2D eigenvalue weighted by Crippen LogP contribution is 2.40. The minimum absolute atomic E-state index is 0.228. The number of nitrogens with two attached hydrogens (primary N) is 1. The first-order valence-corrected chi connectivity index (χ1v) is 9.75. The Morgan fingerprint density at radius 3 is 2.57 bits per heavy atom. The quantitative estimate of drug-likeness (QED) is 0.697. The van der Waals surface area contributed by atoms with Gasteiger partial charge in [-0.15, -0.1) is 0 Å². The molecule has 0 atom stereocenters. The zero-order valence-corrected chi connectivity index (χ0v) is 14.1. The number of hydrogen-bond acceptors (Lipinski definition) is 5. The Morgan fingerprint density at radius 1 is 1.33 bits per heavy atom. The van der Waals surface area contributed by atoms with Crippen molar-refractivity contribution in [3.63, 3.8) is 0 Å². The van der Waals surface area contributed by atoms with E-state index < -0.39 is 10.0 Å². The van der Waals surface area contributed by atoms with Gasteiger partial charge in [0, 0.05) is 11.3 Å². The molecule has 1 aliphatic rings. The van der Waals surface area contributed by atoms with Gasteiger partial charge in [0.2, 0.25) is 10.0 Å². The van der Waals surface area contributed by atoms with E-state index in [4.69, 9.17) is 5.73 Å². The smallest absolute Gasteiger partial charge is 0.240 e. The van der Waals surface area contributed by atoms with Crippen LogP contribution in [0.5, 0.6) is 0 Å². The molecule has 118 valence electrons. The molecule has 0 aromatic heterocycles. The number of rotatable bonds is 6. The van der Waals surface area contributed by atoms with Crippen LogP contribution in [0.4, 0.5) is 11.4 Å². The molecule has 0 unspecified atom stereocenters. The number of nitrogens with one attached hydrogen (secondary N) is 2. The SMILES string of the molecule is CNS(=O)(=O)c1ccc(N)c(NCC2(SC)CCCC2)c1. The monoisotopic (exact) mass is 329 g/mol. The highest BCUT2D eigenvalue weighted by molar-refractivity contribution is 8.00. The Labute approximate surface area is 131 Å². The molecule has 5 nitrogen and oxygen atoms in total. The van der Waals surface area contributed by atoms with Crippen LogP contribution in [0.15, 0.2) is 23.1 Å². The second-order valence-corrected chi connectivity index (χ2v) is 8.57. The van der Waals surface area contributed by atoms with Crippen LogP contribution < -0.4 is 15.8 Å². The standard InChI is InChI=1S/C14H23N3O2S2/c1-16-21(18,19)11-5-6-12(15)13(9-11)17-10-14(20-2)7-3-4-8-14/h5-6,9,16-17H,3-4,7-8,10,15H2,1-2H3. The first kappa shape index (κ1) is 16.5. The first-order chi connectivity index (χ1) is 9.92. The maximum Gasteiger partial charge on any atom is 0.240 e. The van der Waals surface area contributed by atoms with Gasteiger partial charge in [0.25, 0.3) is 0 Å². The second kappa shape index (κ2) is 6.46. The van der Waals surface area contributed by atoms with Crippen molar-refractivity contribution in [2.45, 2.75) is 35.3 Å². The predicted octanol–water partition coefficient (Wildman–Crippen LogP) is 2.26. The van der Waals surface area contributed by atoms with Crippen molar-refractivity contribution < 1.29 is 8.42 Å². The summed E-state index contributed by atoms with van der Waals surface area (Å²) in [5.41, 5.74) is 7.21. The lowest BCUT2D eigenvalue weighted by molar-refractivity contribution is 0.588. The van der Waals surface area contributed by atoms with E-state index in [0.29, 0.717) is 11.4 Å². The Kier molecular flexibility index (Phi) is 5.06. The molecule has 1 fully saturated rings. The van der Waals surface area contributed by atoms with Crippen molar-refractivity contribution >= 4 is 33.2 Å². The molecular weight excluding hydrogens is 306 g/mol. The third-order valence-corrected chi connectivity index (χ3v) is 6.98. The molecule has 1 aliphatic carbocycles. The average molecular weight is 329 g/mol. The van der Waals surface area contributed by atoms with Gasteiger partial charge in [0.1, 0.15) is 0 Å². The van der Waals surface area contributed by atoms with Gasteiger partial charge < -0.3 is 11.1 Å². The van der Waals surface area contributed by atoms with Crippen molar-refractivity contribution in [3.05, 3.63) is 18.2 Å². The van der Waals surface area contributed by atoms with Crippen molar-refractivity contribution in [1.82, 2.24) is 4.72 Å². The summed E-state index contributed by atoms with van der Waals surface area (Å²) in [5.74, 6) is 0. The Bertz CT molecular complexity index is 596. The summed E-state index contributed by atoms with van der Waals surface area (Å²) < 4.78 is 26.3. The van der Waals surface area contributed by atoms with Crippen LogP contribution in [0.25, 0.3) is 0 Å². The molecular formula is C14H23N3O2S2. The number of nitrogen functional groups attached to an aromatic ring is 1. The summed E-state index contributed by atoms with van der Waals surface area (Å²) in [6, 6.07) is 4.75. The molecule has 1 aromatic rings. The van der Waals surface area contributed by atoms with Crippen molar-refractivity contribution in [1.29, 1.82) is 0 Å². The molecule has 0 saturated heterocycles. The van der Waals surface area contributed by atoms with E-state index in [1.807, 2.05) is 11.8 Å². The lowest BCUT2D eigenvalue weighted by Crippen LogP contribution is -2.30. The van der Waals surface area contributed by atoms with Crippen LogP contribution in [-0.4, -0.2) is 33.0 Å². The summed E-state index contributed by atoms with van der Waals surface area (Å²) in [5, 5.41) is 3.35. The van der Waals surface area contributed by atoms with Gasteiger partial charge >= 0.3 is 0 Å². The summed E-state index contributed by atoms with van der Waals surface area (Å²) in [6.07, 6.45) is 7.03. The molecule has 1 aromatic carbocycles. The summed E-state index contributed by atoms with van der Waals surface area (Å²) >= 11 is 1.89. The van der Waals surface area contributed by atoms with Gasteiger partial charge in [-0.25, -0.2) is 13.1 Å². The molecule has 0 amide bonds. The normalized spacial score (nSPS) is 17.8. The van der Waals surface area contributed by atoms with Gasteiger partial charge in [-0.2, -0.15) is 11.8 Å². The van der Waals surface area contributed by atoms with E-state index in [1.54, 1.807) is 12.1 Å². The molecule has 0 radical (unpaired) electrons. The number of anilines is 2. The highest BCUT2D eigenvalue weighted by atomic mass is 32.2. The van der Waals surface area contributed by atoms with Gasteiger partial charge in [-0.1, -0.05) is 12.8 Å². The maximum absolute atomic E-state index is 11.9. The molecule has 7 heteroatoms. The maximum atomic E-state index is 11.9. The molecule has 2 rings (SSSR count). The largest absolute Gasteiger partial charge is 0.397 e. The molecule has 0 heterocycles. The first-order valence-electron chi connectivity index (χ1n) is 7.04. The van der Waals surface area contributed by atoms with Crippen LogP contribution in [0.3, 0.4) is 0 Å². The minimum Gasteiger partial charge on any atom is -0.397 e. The number of sulfonamides is 1. The minimum atomic E-state index is -3.45. The second-order valence-electron chi connectivity index (χ2n) is 5.40. The van der Waals surface area contributed by atoms with Crippen LogP contribution in [0.2, 0.25) is 0 Å². The van der Waals surface area contributed by atoms with E-state index in [2.05, 4.69) is 16.3 Å². The fourth-order valence-electron chi connectivity index (χ4n) is 2.70. The van der Waals surface area contributed by atoms with E-state index in [0.717, 1.165) is 6.54 Å². The van der Waals surface area contributed by atoms with E-state index in [-0.39, 0.29) is 9.64 Å². The zero-order chi connectivity index (χ0) is 15.5. The third kappa shape index (κ3) is 3.64. The fourth-order valence-corrected chi connectivity index (χ4v) is 4.37. The topological polar surface area (TPSA) is 84.2 Å². The van der Waals surface area contributed by atoms with Gasteiger partial charge in [-0.05, 0) is 44.3 Å². The third-order valence-electron chi connectivity index (χ3n) is 4.15.